The lowest BCUT2D eigenvalue weighted by Crippen LogP contribution is -2.30. The first-order valence-corrected chi connectivity index (χ1v) is 11.1. The van der Waals surface area contributed by atoms with Crippen LogP contribution in [0.15, 0.2) is 48.5 Å². The zero-order valence-corrected chi connectivity index (χ0v) is 19.1. The van der Waals surface area contributed by atoms with E-state index < -0.39 is 0 Å². The number of methoxy groups -OCH3 is 1. The highest BCUT2D eigenvalue weighted by Gasteiger charge is 2.21. The third kappa shape index (κ3) is 4.46. The number of hydrogen-bond donors (Lipinski definition) is 0. The second-order valence-corrected chi connectivity index (χ2v) is 8.58. The van der Waals surface area contributed by atoms with Crippen LogP contribution in [0, 0.1) is 13.8 Å². The van der Waals surface area contributed by atoms with Crippen LogP contribution in [0.1, 0.15) is 28.9 Å². The molecule has 0 aliphatic rings. The number of nitrogens with zero attached hydrogens (tertiary/aromatic N) is 4. The number of benzene rings is 2. The molecule has 4 rings (SSSR count). The zero-order chi connectivity index (χ0) is 22.0. The topological polar surface area (TPSA) is 60.2 Å². The number of anilines is 1. The molecule has 0 aliphatic carbocycles. The molecule has 2 aromatic carbocycles. The van der Waals surface area contributed by atoms with Gasteiger partial charge < -0.3 is 4.74 Å². The van der Waals surface area contributed by atoms with E-state index in [1.807, 2.05) is 74.1 Å². The molecule has 0 spiro atoms. The quantitative estimate of drug-likeness (QED) is 0.418. The lowest BCUT2D eigenvalue weighted by Gasteiger charge is -2.20. The Labute approximate surface area is 186 Å². The molecule has 1 amide bonds. The fraction of sp³-hybridized carbons (Fsp3) is 0.292. The van der Waals surface area contributed by atoms with Crippen molar-refractivity contribution >= 4 is 32.6 Å². The number of rotatable bonds is 7. The first-order chi connectivity index (χ1) is 15.0. The summed E-state index contributed by atoms with van der Waals surface area (Å²) in [5.41, 5.74) is 5.16. The molecule has 0 radical (unpaired) electrons. The van der Waals surface area contributed by atoms with Crippen LogP contribution >= 0.6 is 11.3 Å². The smallest absolute Gasteiger partial charge is 0.229 e. The Balaban J connectivity index is 1.63. The normalized spacial score (nSPS) is 11.1. The number of amides is 1. The van der Waals surface area contributed by atoms with Crippen molar-refractivity contribution in [2.45, 2.75) is 33.2 Å². The van der Waals surface area contributed by atoms with E-state index in [9.17, 15) is 4.79 Å². The fourth-order valence-electron chi connectivity index (χ4n) is 3.71. The van der Waals surface area contributed by atoms with Crippen molar-refractivity contribution in [3.63, 3.8) is 0 Å². The Bertz CT molecular complexity index is 1210. The van der Waals surface area contributed by atoms with Crippen LogP contribution in [-0.2, 0) is 24.8 Å². The molecule has 4 aromatic rings. The number of ether oxygens (including phenoxy) is 1. The van der Waals surface area contributed by atoms with Crippen molar-refractivity contribution in [3.05, 3.63) is 71.0 Å². The van der Waals surface area contributed by atoms with Gasteiger partial charge in [0.2, 0.25) is 5.91 Å². The average Bonchev–Trinajstić information content (AvgIpc) is 3.30. The predicted molar refractivity (Wildman–Crippen MR) is 125 cm³/mol. The molecule has 0 saturated carbocycles. The van der Waals surface area contributed by atoms with Gasteiger partial charge in [0.15, 0.2) is 5.13 Å². The van der Waals surface area contributed by atoms with Crippen LogP contribution in [0.5, 0.6) is 5.75 Å². The van der Waals surface area contributed by atoms with Gasteiger partial charge in [-0.1, -0.05) is 41.7 Å². The first-order valence-electron chi connectivity index (χ1n) is 10.2. The maximum absolute atomic E-state index is 13.4. The van der Waals surface area contributed by atoms with Crippen molar-refractivity contribution in [3.8, 4) is 5.75 Å². The minimum atomic E-state index is 0.0533. The minimum Gasteiger partial charge on any atom is -0.497 e. The van der Waals surface area contributed by atoms with Crippen molar-refractivity contribution in [2.24, 2.45) is 7.05 Å². The summed E-state index contributed by atoms with van der Waals surface area (Å²) in [5, 5.41) is 5.18. The molecule has 2 heterocycles. The van der Waals surface area contributed by atoms with Crippen molar-refractivity contribution in [1.82, 2.24) is 14.8 Å². The molecular formula is C24H26N4O2S. The summed E-state index contributed by atoms with van der Waals surface area (Å²) in [7, 11) is 3.58. The van der Waals surface area contributed by atoms with Gasteiger partial charge in [0.25, 0.3) is 0 Å². The van der Waals surface area contributed by atoms with E-state index in [-0.39, 0.29) is 5.91 Å². The SMILES string of the molecule is COc1ccc2nc(N(Cc3ccccc3)C(=O)CCc3c(C)nn(C)c3C)sc2c1. The van der Waals surface area contributed by atoms with Gasteiger partial charge in [0.05, 0.1) is 29.6 Å². The molecule has 2 aromatic heterocycles. The molecule has 31 heavy (non-hydrogen) atoms. The summed E-state index contributed by atoms with van der Waals surface area (Å²) in [5.74, 6) is 0.837. The summed E-state index contributed by atoms with van der Waals surface area (Å²) < 4.78 is 8.21. The Morgan fingerprint density at radius 2 is 1.94 bits per heavy atom. The van der Waals surface area contributed by atoms with Crippen LogP contribution in [0.3, 0.4) is 0 Å². The van der Waals surface area contributed by atoms with Gasteiger partial charge in [-0.3, -0.25) is 14.4 Å². The standard InChI is InChI=1S/C24H26N4O2S/c1-16-20(17(2)27(3)26-16)11-13-23(29)28(15-18-8-6-5-7-9-18)24-25-21-12-10-19(30-4)14-22(21)31-24/h5-10,12,14H,11,13,15H2,1-4H3. The van der Waals surface area contributed by atoms with Crippen LogP contribution in [-0.4, -0.2) is 27.8 Å². The molecule has 0 bridgehead atoms. The highest BCUT2D eigenvalue weighted by molar-refractivity contribution is 7.22. The van der Waals surface area contributed by atoms with E-state index in [2.05, 4.69) is 5.10 Å². The number of aryl methyl sites for hydroxylation is 2. The van der Waals surface area contributed by atoms with Crippen molar-refractivity contribution < 1.29 is 9.53 Å². The Hall–Kier alpha value is -3.19. The second-order valence-electron chi connectivity index (χ2n) is 7.57. The third-order valence-electron chi connectivity index (χ3n) is 5.55. The highest BCUT2D eigenvalue weighted by atomic mass is 32.1. The number of hydrogen-bond acceptors (Lipinski definition) is 5. The molecule has 0 saturated heterocycles. The van der Waals surface area contributed by atoms with Gasteiger partial charge in [0, 0.05) is 19.2 Å². The largest absolute Gasteiger partial charge is 0.497 e. The van der Waals surface area contributed by atoms with E-state index in [4.69, 9.17) is 9.72 Å². The third-order valence-corrected chi connectivity index (χ3v) is 6.59. The first kappa shape index (κ1) is 21.1. The van der Waals surface area contributed by atoms with Crippen molar-refractivity contribution in [1.29, 1.82) is 0 Å². The van der Waals surface area contributed by atoms with Gasteiger partial charge in [-0.15, -0.1) is 0 Å². The van der Waals surface area contributed by atoms with Crippen LogP contribution in [0.4, 0.5) is 5.13 Å². The molecule has 0 aliphatic heterocycles. The lowest BCUT2D eigenvalue weighted by atomic mass is 10.1. The molecule has 0 atom stereocenters. The Morgan fingerprint density at radius 1 is 1.16 bits per heavy atom. The summed E-state index contributed by atoms with van der Waals surface area (Å²) in [4.78, 5) is 19.9. The molecule has 7 heteroatoms. The minimum absolute atomic E-state index is 0.0533. The van der Waals surface area contributed by atoms with Crippen molar-refractivity contribution in [2.75, 3.05) is 12.0 Å². The molecule has 160 valence electrons. The number of carbonyl (C=O) groups excluding carboxylic acids is 1. The van der Waals surface area contributed by atoms with E-state index >= 15 is 0 Å². The summed E-state index contributed by atoms with van der Waals surface area (Å²) in [6.45, 7) is 4.53. The summed E-state index contributed by atoms with van der Waals surface area (Å²) >= 11 is 1.51. The predicted octanol–water partition coefficient (Wildman–Crippen LogP) is 4.82. The number of aromatic nitrogens is 3. The van der Waals surface area contributed by atoms with Gasteiger partial charge in [-0.2, -0.15) is 5.10 Å². The highest BCUT2D eigenvalue weighted by Crippen LogP contribution is 2.32. The van der Waals surface area contributed by atoms with E-state index in [1.54, 1.807) is 12.0 Å². The fourth-order valence-corrected chi connectivity index (χ4v) is 4.72. The Morgan fingerprint density at radius 3 is 2.61 bits per heavy atom. The van der Waals surface area contributed by atoms with E-state index in [0.717, 1.165) is 38.5 Å². The van der Waals surface area contributed by atoms with E-state index in [0.29, 0.717) is 24.5 Å². The van der Waals surface area contributed by atoms with E-state index in [1.165, 1.54) is 11.3 Å². The number of fused-ring (bicyclic) bond motifs is 1. The van der Waals surface area contributed by atoms with Crippen LogP contribution in [0.2, 0.25) is 0 Å². The maximum atomic E-state index is 13.4. The number of carbonyl (C=O) groups is 1. The summed E-state index contributed by atoms with van der Waals surface area (Å²) in [6.07, 6.45) is 1.06. The van der Waals surface area contributed by atoms with Gasteiger partial charge in [0.1, 0.15) is 5.75 Å². The molecule has 0 unspecified atom stereocenters. The summed E-state index contributed by atoms with van der Waals surface area (Å²) in [6, 6.07) is 15.8. The van der Waals surface area contributed by atoms with Gasteiger partial charge in [-0.05, 0) is 49.6 Å². The van der Waals surface area contributed by atoms with Crippen LogP contribution < -0.4 is 9.64 Å². The Kier molecular flexibility index (Phi) is 6.04. The molecule has 0 N–H and O–H groups in total. The molecule has 0 fully saturated rings. The maximum Gasteiger partial charge on any atom is 0.229 e. The number of thiazole rings is 1. The van der Waals surface area contributed by atoms with Gasteiger partial charge >= 0.3 is 0 Å². The lowest BCUT2D eigenvalue weighted by molar-refractivity contribution is -0.118. The molecule has 6 nitrogen and oxygen atoms in total. The zero-order valence-electron chi connectivity index (χ0n) is 18.3. The molecular weight excluding hydrogens is 408 g/mol. The van der Waals surface area contributed by atoms with Gasteiger partial charge in [-0.25, -0.2) is 4.98 Å². The average molecular weight is 435 g/mol. The monoisotopic (exact) mass is 434 g/mol. The van der Waals surface area contributed by atoms with Crippen LogP contribution in [0.25, 0.3) is 10.2 Å². The second kappa shape index (κ2) is 8.89.